The fourth-order valence-corrected chi connectivity index (χ4v) is 4.36. The number of ether oxygens (including phenoxy) is 1. The first-order valence-electron chi connectivity index (χ1n) is 9.64. The van der Waals surface area contributed by atoms with Crippen molar-refractivity contribution in [3.05, 3.63) is 52.1 Å². The summed E-state index contributed by atoms with van der Waals surface area (Å²) < 4.78 is 71.3. The summed E-state index contributed by atoms with van der Waals surface area (Å²) in [5, 5.41) is 2.61. The smallest absolute Gasteiger partial charge is 0.416 e. The van der Waals surface area contributed by atoms with Crippen LogP contribution in [0.15, 0.2) is 41.4 Å². The second kappa shape index (κ2) is 10.9. The standard InChI is InChI=1S/C20H20Cl2F3N3O5S/c1-10(2)16(28-34(31,32)14-6-4-5-12(7-14)20(23,24)25)19(30)33-11(3)18(29)27-17-15(22)8-13(21)9-26-17/h4-11,16,28H,1-3H3,(H,26,27,29)/t11-,16+/m1/s1. The molecule has 1 amide bonds. The number of anilines is 1. The Kier molecular flexibility index (Phi) is 8.92. The van der Waals surface area contributed by atoms with Crippen molar-refractivity contribution in [2.45, 2.75) is 44.0 Å². The summed E-state index contributed by atoms with van der Waals surface area (Å²) in [6.45, 7) is 4.21. The molecule has 0 aliphatic carbocycles. The van der Waals surface area contributed by atoms with Crippen LogP contribution >= 0.6 is 23.2 Å². The highest BCUT2D eigenvalue weighted by atomic mass is 35.5. The topological polar surface area (TPSA) is 114 Å². The zero-order chi connectivity index (χ0) is 25.8. The lowest BCUT2D eigenvalue weighted by Gasteiger charge is -2.23. The van der Waals surface area contributed by atoms with Crippen molar-refractivity contribution in [2.24, 2.45) is 5.92 Å². The molecule has 1 aromatic heterocycles. The van der Waals surface area contributed by atoms with E-state index in [1.807, 2.05) is 4.72 Å². The normalized spacial score (nSPS) is 13.9. The lowest BCUT2D eigenvalue weighted by molar-refractivity contribution is -0.155. The summed E-state index contributed by atoms with van der Waals surface area (Å²) >= 11 is 11.7. The number of alkyl halides is 3. The molecule has 0 radical (unpaired) electrons. The number of carbonyl (C=O) groups is 2. The Balaban J connectivity index is 2.15. The summed E-state index contributed by atoms with van der Waals surface area (Å²) in [5.41, 5.74) is -1.17. The lowest BCUT2D eigenvalue weighted by atomic mass is 10.1. The van der Waals surface area contributed by atoms with Gasteiger partial charge in [-0.25, -0.2) is 13.4 Å². The first-order valence-corrected chi connectivity index (χ1v) is 11.9. The predicted molar refractivity (Wildman–Crippen MR) is 119 cm³/mol. The average Bonchev–Trinajstić information content (AvgIpc) is 2.73. The van der Waals surface area contributed by atoms with E-state index in [-0.39, 0.29) is 15.9 Å². The van der Waals surface area contributed by atoms with Crippen LogP contribution < -0.4 is 10.0 Å². The molecule has 8 nitrogen and oxygen atoms in total. The van der Waals surface area contributed by atoms with Crippen molar-refractivity contribution in [2.75, 3.05) is 5.32 Å². The number of esters is 1. The second-order valence-electron chi connectivity index (χ2n) is 7.42. The number of carbonyl (C=O) groups excluding carboxylic acids is 2. The van der Waals surface area contributed by atoms with E-state index in [1.54, 1.807) is 0 Å². The third-order valence-corrected chi connectivity index (χ3v) is 6.32. The fourth-order valence-electron chi connectivity index (χ4n) is 2.56. The molecule has 0 fully saturated rings. The molecule has 2 N–H and O–H groups in total. The molecule has 0 aliphatic rings. The van der Waals surface area contributed by atoms with Gasteiger partial charge in [-0.15, -0.1) is 0 Å². The van der Waals surface area contributed by atoms with Crippen LogP contribution in [0.2, 0.25) is 10.0 Å². The third-order valence-electron chi connectivity index (χ3n) is 4.39. The van der Waals surface area contributed by atoms with Gasteiger partial charge in [0.1, 0.15) is 6.04 Å². The van der Waals surface area contributed by atoms with E-state index >= 15 is 0 Å². The monoisotopic (exact) mass is 541 g/mol. The van der Waals surface area contributed by atoms with E-state index in [4.69, 9.17) is 27.9 Å². The Morgan fingerprint density at radius 1 is 1.12 bits per heavy atom. The van der Waals surface area contributed by atoms with Gasteiger partial charge in [-0.2, -0.15) is 17.9 Å². The fraction of sp³-hybridized carbons (Fsp3) is 0.350. The van der Waals surface area contributed by atoms with Crippen LogP contribution in [0.3, 0.4) is 0 Å². The first kappa shape index (κ1) is 27.8. The van der Waals surface area contributed by atoms with Gasteiger partial charge in [0.15, 0.2) is 11.9 Å². The molecule has 2 rings (SSSR count). The van der Waals surface area contributed by atoms with Crippen LogP contribution in [-0.2, 0) is 30.5 Å². The molecule has 1 aromatic carbocycles. The van der Waals surface area contributed by atoms with Crippen molar-refractivity contribution in [3.8, 4) is 0 Å². The molecule has 0 saturated heterocycles. The molecule has 0 aliphatic heterocycles. The Hall–Kier alpha value is -2.41. The number of nitrogens with zero attached hydrogens (tertiary/aromatic N) is 1. The number of rotatable bonds is 8. The van der Waals surface area contributed by atoms with Crippen molar-refractivity contribution in [1.29, 1.82) is 0 Å². The molecule has 0 spiro atoms. The molecule has 0 unspecified atom stereocenters. The maximum absolute atomic E-state index is 12.9. The van der Waals surface area contributed by atoms with Crippen LogP contribution in [0, 0.1) is 5.92 Å². The molecule has 2 aromatic rings. The third kappa shape index (κ3) is 7.29. The minimum absolute atomic E-state index is 0.0354. The van der Waals surface area contributed by atoms with Crippen LogP contribution in [0.1, 0.15) is 26.3 Å². The summed E-state index contributed by atoms with van der Waals surface area (Å²) in [7, 11) is -4.54. The number of pyridine rings is 1. The summed E-state index contributed by atoms with van der Waals surface area (Å²) in [4.78, 5) is 28.1. The molecule has 0 saturated carbocycles. The number of amides is 1. The number of hydrogen-bond acceptors (Lipinski definition) is 6. The van der Waals surface area contributed by atoms with Crippen molar-refractivity contribution in [3.63, 3.8) is 0 Å². The Morgan fingerprint density at radius 2 is 1.76 bits per heavy atom. The van der Waals surface area contributed by atoms with Gasteiger partial charge in [0.25, 0.3) is 5.91 Å². The Bertz CT molecular complexity index is 1180. The van der Waals surface area contributed by atoms with E-state index in [9.17, 15) is 31.2 Å². The van der Waals surface area contributed by atoms with Gasteiger partial charge in [0.05, 0.1) is 20.5 Å². The summed E-state index contributed by atoms with van der Waals surface area (Å²) in [5.74, 6) is -2.63. The van der Waals surface area contributed by atoms with E-state index in [0.717, 1.165) is 18.2 Å². The number of benzene rings is 1. The summed E-state index contributed by atoms with van der Waals surface area (Å²) in [6.07, 6.45) is -4.91. The van der Waals surface area contributed by atoms with Gasteiger partial charge in [-0.3, -0.25) is 9.59 Å². The average molecular weight is 542 g/mol. The van der Waals surface area contributed by atoms with Crippen LogP contribution in [-0.4, -0.2) is 37.4 Å². The highest BCUT2D eigenvalue weighted by molar-refractivity contribution is 7.89. The number of halogens is 5. The van der Waals surface area contributed by atoms with Crippen molar-refractivity contribution < 1.29 is 35.9 Å². The largest absolute Gasteiger partial charge is 0.451 e. The zero-order valence-electron chi connectivity index (χ0n) is 18.0. The number of aromatic nitrogens is 1. The van der Waals surface area contributed by atoms with E-state index < -0.39 is 56.6 Å². The molecular formula is C20H20Cl2F3N3O5S. The van der Waals surface area contributed by atoms with Crippen LogP contribution in [0.5, 0.6) is 0 Å². The van der Waals surface area contributed by atoms with Gasteiger partial charge < -0.3 is 10.1 Å². The van der Waals surface area contributed by atoms with E-state index in [0.29, 0.717) is 6.07 Å². The van der Waals surface area contributed by atoms with Crippen molar-refractivity contribution >= 4 is 50.9 Å². The van der Waals surface area contributed by atoms with Gasteiger partial charge in [-0.05, 0) is 37.1 Å². The lowest BCUT2D eigenvalue weighted by Crippen LogP contribution is -2.47. The molecular weight excluding hydrogens is 522 g/mol. The minimum atomic E-state index is -4.76. The minimum Gasteiger partial charge on any atom is -0.451 e. The van der Waals surface area contributed by atoms with Gasteiger partial charge in [0.2, 0.25) is 10.0 Å². The molecule has 2 atom stereocenters. The van der Waals surface area contributed by atoms with Crippen molar-refractivity contribution in [1.82, 2.24) is 9.71 Å². The highest BCUT2D eigenvalue weighted by Crippen LogP contribution is 2.30. The quantitative estimate of drug-likeness (QED) is 0.482. The molecule has 186 valence electrons. The van der Waals surface area contributed by atoms with E-state index in [1.165, 1.54) is 33.0 Å². The SMILES string of the molecule is CC(C)[C@H](NS(=O)(=O)c1cccc(C(F)(F)F)c1)C(=O)O[C@H](C)C(=O)Nc1ncc(Cl)cc1Cl. The molecule has 0 bridgehead atoms. The number of sulfonamides is 1. The maximum Gasteiger partial charge on any atom is 0.416 e. The second-order valence-corrected chi connectivity index (χ2v) is 9.98. The van der Waals surface area contributed by atoms with Gasteiger partial charge in [0, 0.05) is 6.20 Å². The van der Waals surface area contributed by atoms with Crippen LogP contribution in [0.4, 0.5) is 19.0 Å². The van der Waals surface area contributed by atoms with Gasteiger partial charge >= 0.3 is 12.1 Å². The van der Waals surface area contributed by atoms with Gasteiger partial charge in [-0.1, -0.05) is 43.1 Å². The van der Waals surface area contributed by atoms with E-state index in [2.05, 4.69) is 10.3 Å². The zero-order valence-corrected chi connectivity index (χ0v) is 20.3. The Morgan fingerprint density at radius 3 is 2.32 bits per heavy atom. The summed E-state index contributed by atoms with van der Waals surface area (Å²) in [6, 6.07) is 2.90. The maximum atomic E-state index is 12.9. The molecule has 34 heavy (non-hydrogen) atoms. The highest BCUT2D eigenvalue weighted by Gasteiger charge is 2.34. The molecule has 1 heterocycles. The molecule has 14 heteroatoms. The number of nitrogens with one attached hydrogen (secondary N) is 2. The Labute approximate surface area is 203 Å². The number of hydrogen-bond donors (Lipinski definition) is 2. The van der Waals surface area contributed by atoms with Crippen LogP contribution in [0.25, 0.3) is 0 Å². The predicted octanol–water partition coefficient (Wildman–Crippen LogP) is 4.28. The first-order chi connectivity index (χ1) is 15.6.